The lowest BCUT2D eigenvalue weighted by Gasteiger charge is -2.19. The number of nitrogens with zero attached hydrogens (tertiary/aromatic N) is 1. The van der Waals surface area contributed by atoms with Crippen molar-refractivity contribution in [3.05, 3.63) is 107 Å². The Morgan fingerprint density at radius 3 is 2.29 bits per heavy atom. The summed E-state index contributed by atoms with van der Waals surface area (Å²) in [6.45, 7) is 0.0959. The molecule has 136 valence electrons. The average molecular weight is 367 g/mol. The molecule has 0 aliphatic carbocycles. The number of benzene rings is 3. The summed E-state index contributed by atoms with van der Waals surface area (Å²) in [4.78, 5) is 26.7. The minimum absolute atomic E-state index is 0.0959. The normalized spacial score (nSPS) is 14.8. The number of imide groups is 1. The number of hydrogen-bond acceptors (Lipinski definition) is 3. The van der Waals surface area contributed by atoms with E-state index in [-0.39, 0.29) is 12.5 Å². The molecule has 1 atom stereocenters. The van der Waals surface area contributed by atoms with E-state index in [9.17, 15) is 9.59 Å². The predicted molar refractivity (Wildman–Crippen MR) is 105 cm³/mol. The van der Waals surface area contributed by atoms with Gasteiger partial charge in [-0.2, -0.15) is 0 Å². The monoisotopic (exact) mass is 367 g/mol. The first-order chi connectivity index (χ1) is 13.7. The van der Waals surface area contributed by atoms with Gasteiger partial charge in [0.25, 0.3) is 5.91 Å². The highest BCUT2D eigenvalue weighted by atomic mass is 16.6. The Balaban J connectivity index is 1.61. The Kier molecular flexibility index (Phi) is 4.90. The lowest BCUT2D eigenvalue weighted by atomic mass is 10.0. The smallest absolute Gasteiger partial charge is 0.418 e. The molecule has 0 saturated carbocycles. The van der Waals surface area contributed by atoms with Gasteiger partial charge in [-0.3, -0.25) is 4.79 Å². The molecule has 0 saturated heterocycles. The summed E-state index contributed by atoms with van der Waals surface area (Å²) in [6.07, 6.45) is -0.697. The van der Waals surface area contributed by atoms with Crippen molar-refractivity contribution in [3.8, 4) is 11.8 Å². The van der Waals surface area contributed by atoms with Crippen LogP contribution in [0.5, 0.6) is 0 Å². The number of amides is 2. The molecule has 4 heteroatoms. The number of carbonyl (C=O) groups excluding carboxylic acids is 2. The van der Waals surface area contributed by atoms with Crippen molar-refractivity contribution in [2.75, 3.05) is 0 Å². The van der Waals surface area contributed by atoms with Crippen molar-refractivity contribution in [1.82, 2.24) is 4.90 Å². The van der Waals surface area contributed by atoms with Gasteiger partial charge in [0.15, 0.2) is 0 Å². The molecule has 0 bridgehead atoms. The maximum absolute atomic E-state index is 12.8. The summed E-state index contributed by atoms with van der Waals surface area (Å²) in [5, 5.41) is 0. The molecule has 0 fully saturated rings. The SMILES string of the molecule is O=C(OCc1ccccc1)N1C(=O)c2ccccc2[C@@H]1C#Cc1ccccc1. The van der Waals surface area contributed by atoms with Crippen LogP contribution in [0.1, 0.15) is 33.1 Å². The maximum Gasteiger partial charge on any atom is 0.418 e. The molecule has 0 aromatic heterocycles. The van der Waals surface area contributed by atoms with Gasteiger partial charge in [0.05, 0.1) is 0 Å². The quantitative estimate of drug-likeness (QED) is 0.623. The van der Waals surface area contributed by atoms with Crippen molar-refractivity contribution in [2.45, 2.75) is 12.6 Å². The molecule has 0 unspecified atom stereocenters. The third-order valence-corrected chi connectivity index (χ3v) is 4.49. The van der Waals surface area contributed by atoms with Crippen LogP contribution in [0.2, 0.25) is 0 Å². The zero-order chi connectivity index (χ0) is 19.3. The standard InChI is InChI=1S/C24H17NO3/c26-23-21-14-8-7-13-20(21)22(16-15-18-9-3-1-4-10-18)25(23)24(27)28-17-19-11-5-2-6-12-19/h1-14,22H,17H2/t22-/m0/s1. The van der Waals surface area contributed by atoms with Gasteiger partial charge in [0.1, 0.15) is 12.6 Å². The third kappa shape index (κ3) is 3.51. The second kappa shape index (κ2) is 7.81. The van der Waals surface area contributed by atoms with Crippen LogP contribution in [-0.4, -0.2) is 16.9 Å². The molecule has 0 N–H and O–H groups in total. The lowest BCUT2D eigenvalue weighted by molar-refractivity contribution is 0.0637. The summed E-state index contributed by atoms with van der Waals surface area (Å²) in [5.41, 5.74) is 2.86. The first-order valence-corrected chi connectivity index (χ1v) is 8.94. The molecule has 2 amide bonds. The lowest BCUT2D eigenvalue weighted by Crippen LogP contribution is -2.34. The van der Waals surface area contributed by atoms with Crippen LogP contribution in [0.3, 0.4) is 0 Å². The van der Waals surface area contributed by atoms with Crippen LogP contribution in [-0.2, 0) is 11.3 Å². The molecule has 0 spiro atoms. The van der Waals surface area contributed by atoms with E-state index in [0.29, 0.717) is 11.1 Å². The molecule has 1 aliphatic heterocycles. The van der Waals surface area contributed by atoms with Crippen molar-refractivity contribution in [2.24, 2.45) is 0 Å². The Morgan fingerprint density at radius 1 is 0.893 bits per heavy atom. The van der Waals surface area contributed by atoms with Crippen molar-refractivity contribution in [3.63, 3.8) is 0 Å². The largest absolute Gasteiger partial charge is 0.444 e. The second-order valence-electron chi connectivity index (χ2n) is 6.34. The fourth-order valence-electron chi connectivity index (χ4n) is 3.11. The van der Waals surface area contributed by atoms with Crippen molar-refractivity contribution in [1.29, 1.82) is 0 Å². The summed E-state index contributed by atoms with van der Waals surface area (Å²) in [5.74, 6) is 5.74. The molecule has 1 heterocycles. The van der Waals surface area contributed by atoms with Crippen molar-refractivity contribution >= 4 is 12.0 Å². The van der Waals surface area contributed by atoms with E-state index in [1.807, 2.05) is 72.8 Å². The van der Waals surface area contributed by atoms with E-state index in [1.165, 1.54) is 0 Å². The van der Waals surface area contributed by atoms with Gasteiger partial charge in [-0.15, -0.1) is 0 Å². The fraction of sp³-hybridized carbons (Fsp3) is 0.0833. The number of carbonyl (C=O) groups is 2. The summed E-state index contributed by atoms with van der Waals surface area (Å²) in [7, 11) is 0. The van der Waals surface area contributed by atoms with Gasteiger partial charge in [0.2, 0.25) is 0 Å². The number of ether oxygens (including phenoxy) is 1. The van der Waals surface area contributed by atoms with Crippen molar-refractivity contribution < 1.29 is 14.3 Å². The van der Waals surface area contributed by atoms with Crippen LogP contribution < -0.4 is 0 Å². The van der Waals surface area contributed by atoms with Gasteiger partial charge in [-0.25, -0.2) is 9.69 Å². The summed E-state index contributed by atoms with van der Waals surface area (Å²) >= 11 is 0. The maximum atomic E-state index is 12.8. The predicted octanol–water partition coefficient (Wildman–Crippen LogP) is 4.57. The van der Waals surface area contributed by atoms with Crippen LogP contribution in [0.25, 0.3) is 0 Å². The topological polar surface area (TPSA) is 46.6 Å². The summed E-state index contributed by atoms with van der Waals surface area (Å²) in [6, 6.07) is 25.3. The van der Waals surface area contributed by atoms with Gasteiger partial charge in [-0.1, -0.05) is 78.6 Å². The molecule has 3 aromatic carbocycles. The molecular weight excluding hydrogens is 350 g/mol. The molecule has 4 rings (SSSR count). The van der Waals surface area contributed by atoms with Crippen LogP contribution in [0, 0.1) is 11.8 Å². The van der Waals surface area contributed by atoms with Gasteiger partial charge in [0, 0.05) is 16.7 Å². The molecule has 4 nitrogen and oxygen atoms in total. The highest BCUT2D eigenvalue weighted by molar-refractivity contribution is 6.07. The minimum atomic E-state index is -0.697. The fourth-order valence-corrected chi connectivity index (χ4v) is 3.11. The van der Waals surface area contributed by atoms with Gasteiger partial charge >= 0.3 is 6.09 Å². The third-order valence-electron chi connectivity index (χ3n) is 4.49. The first kappa shape index (κ1) is 17.6. The number of fused-ring (bicyclic) bond motifs is 1. The first-order valence-electron chi connectivity index (χ1n) is 8.94. The second-order valence-corrected chi connectivity index (χ2v) is 6.34. The van der Waals surface area contributed by atoms with E-state index in [4.69, 9.17) is 4.74 Å². The molecule has 0 radical (unpaired) electrons. The van der Waals surface area contributed by atoms with Crippen LogP contribution in [0.4, 0.5) is 4.79 Å². The Hall–Kier alpha value is -3.84. The van der Waals surface area contributed by atoms with E-state index in [0.717, 1.165) is 16.0 Å². The van der Waals surface area contributed by atoms with E-state index < -0.39 is 12.1 Å². The Bertz CT molecular complexity index is 1070. The molecule has 3 aromatic rings. The van der Waals surface area contributed by atoms with Crippen LogP contribution >= 0.6 is 0 Å². The zero-order valence-corrected chi connectivity index (χ0v) is 15.0. The molecule has 28 heavy (non-hydrogen) atoms. The Morgan fingerprint density at radius 2 is 1.54 bits per heavy atom. The Labute approximate surface area is 163 Å². The molecular formula is C24H17NO3. The van der Waals surface area contributed by atoms with Gasteiger partial charge < -0.3 is 4.74 Å². The van der Waals surface area contributed by atoms with E-state index in [1.54, 1.807) is 12.1 Å². The summed E-state index contributed by atoms with van der Waals surface area (Å²) < 4.78 is 5.39. The highest BCUT2D eigenvalue weighted by Gasteiger charge is 2.40. The van der Waals surface area contributed by atoms with E-state index in [2.05, 4.69) is 11.8 Å². The average Bonchev–Trinajstić information content (AvgIpc) is 3.04. The minimum Gasteiger partial charge on any atom is -0.444 e. The molecule has 1 aliphatic rings. The highest BCUT2D eigenvalue weighted by Crippen LogP contribution is 2.33. The van der Waals surface area contributed by atoms with Gasteiger partial charge in [-0.05, 0) is 23.8 Å². The number of hydrogen-bond donors (Lipinski definition) is 0. The van der Waals surface area contributed by atoms with Crippen LogP contribution in [0.15, 0.2) is 84.9 Å². The van der Waals surface area contributed by atoms with E-state index >= 15 is 0 Å². The number of rotatable bonds is 2. The zero-order valence-electron chi connectivity index (χ0n) is 15.0.